The number of hydrogen-bond acceptors (Lipinski definition) is 6. The van der Waals surface area contributed by atoms with E-state index in [2.05, 4.69) is 17.5 Å². The van der Waals surface area contributed by atoms with Crippen molar-refractivity contribution in [2.45, 2.75) is 19.8 Å². The number of benzene rings is 4. The van der Waals surface area contributed by atoms with Gasteiger partial charge in [0.15, 0.2) is 11.5 Å². The van der Waals surface area contributed by atoms with Crippen LogP contribution in [-0.4, -0.2) is 31.8 Å². The summed E-state index contributed by atoms with van der Waals surface area (Å²) in [6, 6.07) is 25.0. The summed E-state index contributed by atoms with van der Waals surface area (Å²) in [4.78, 5) is 25.3. The van der Waals surface area contributed by atoms with E-state index in [1.165, 1.54) is 13.3 Å². The van der Waals surface area contributed by atoms with Crippen molar-refractivity contribution >= 4 is 28.9 Å². The molecule has 0 aliphatic heterocycles. The number of nitrogens with one attached hydrogen (secondary N) is 1. The summed E-state index contributed by atoms with van der Waals surface area (Å²) in [6.45, 7) is 2.74. The third-order valence-electron chi connectivity index (χ3n) is 5.66. The molecule has 188 valence electrons. The van der Waals surface area contributed by atoms with Crippen LogP contribution < -0.4 is 19.6 Å². The average molecular weight is 497 g/mol. The Bertz CT molecular complexity index is 1410. The van der Waals surface area contributed by atoms with Gasteiger partial charge >= 0.3 is 5.97 Å². The number of carbonyl (C=O) groups is 2. The largest absolute Gasteiger partial charge is 0.494 e. The van der Waals surface area contributed by atoms with Gasteiger partial charge in [0.05, 0.1) is 25.5 Å². The molecule has 4 aromatic carbocycles. The van der Waals surface area contributed by atoms with E-state index in [4.69, 9.17) is 14.2 Å². The molecule has 0 saturated carbocycles. The number of hydrazone groups is 1. The van der Waals surface area contributed by atoms with Crippen molar-refractivity contribution in [3.8, 4) is 17.2 Å². The van der Waals surface area contributed by atoms with E-state index in [9.17, 15) is 9.59 Å². The molecule has 1 amide bonds. The molecule has 0 heterocycles. The van der Waals surface area contributed by atoms with E-state index in [1.807, 2.05) is 36.4 Å². The highest BCUT2D eigenvalue weighted by atomic mass is 16.6. The Kier molecular flexibility index (Phi) is 8.49. The first-order valence-corrected chi connectivity index (χ1v) is 12.0. The Morgan fingerprint density at radius 2 is 1.70 bits per heavy atom. The van der Waals surface area contributed by atoms with Crippen molar-refractivity contribution in [3.63, 3.8) is 0 Å². The molecule has 4 rings (SSSR count). The highest BCUT2D eigenvalue weighted by Gasteiger charge is 2.13. The average Bonchev–Trinajstić information content (AvgIpc) is 2.93. The van der Waals surface area contributed by atoms with Crippen LogP contribution in [0.3, 0.4) is 0 Å². The predicted molar refractivity (Wildman–Crippen MR) is 144 cm³/mol. The maximum atomic E-state index is 12.7. The molecule has 1 N–H and O–H groups in total. The van der Waals surface area contributed by atoms with Gasteiger partial charge < -0.3 is 14.2 Å². The number of amides is 1. The quantitative estimate of drug-likeness (QED) is 0.0955. The number of nitrogens with zero attached hydrogens (tertiary/aromatic N) is 1. The number of hydrogen-bond donors (Lipinski definition) is 1. The van der Waals surface area contributed by atoms with Crippen molar-refractivity contribution in [2.75, 3.05) is 13.7 Å². The molecule has 0 atom stereocenters. The van der Waals surface area contributed by atoms with E-state index < -0.39 is 5.97 Å². The molecule has 7 nitrogen and oxygen atoms in total. The molecule has 0 aliphatic carbocycles. The summed E-state index contributed by atoms with van der Waals surface area (Å²) in [6.07, 6.45) is 3.52. The molecule has 0 bridgehead atoms. The molecule has 0 spiro atoms. The normalized spacial score (nSPS) is 10.9. The molecule has 0 saturated heterocycles. The second-order valence-electron chi connectivity index (χ2n) is 8.25. The van der Waals surface area contributed by atoms with E-state index in [0.717, 1.165) is 23.6 Å². The lowest BCUT2D eigenvalue weighted by atomic mass is 10.0. The van der Waals surface area contributed by atoms with Crippen LogP contribution in [0, 0.1) is 0 Å². The second kappa shape index (κ2) is 12.4. The zero-order valence-electron chi connectivity index (χ0n) is 20.8. The zero-order chi connectivity index (χ0) is 26.0. The minimum Gasteiger partial charge on any atom is -0.494 e. The molecular weight excluding hydrogens is 468 g/mol. The van der Waals surface area contributed by atoms with Gasteiger partial charge in [0.2, 0.25) is 0 Å². The van der Waals surface area contributed by atoms with Crippen molar-refractivity contribution in [1.82, 2.24) is 5.43 Å². The Balaban J connectivity index is 1.39. The van der Waals surface area contributed by atoms with Crippen LogP contribution in [-0.2, 0) is 0 Å². The fraction of sp³-hybridized carbons (Fsp3) is 0.167. The second-order valence-corrected chi connectivity index (χ2v) is 8.25. The molecular formula is C30H28N2O5. The van der Waals surface area contributed by atoms with Gasteiger partial charge in [-0.3, -0.25) is 4.79 Å². The van der Waals surface area contributed by atoms with Crippen molar-refractivity contribution < 1.29 is 23.8 Å². The van der Waals surface area contributed by atoms with Crippen molar-refractivity contribution in [2.24, 2.45) is 5.10 Å². The Labute approximate surface area is 215 Å². The minimum atomic E-state index is -0.512. The maximum Gasteiger partial charge on any atom is 0.343 e. The van der Waals surface area contributed by atoms with Gasteiger partial charge in [-0.05, 0) is 71.3 Å². The van der Waals surface area contributed by atoms with Gasteiger partial charge in [-0.1, -0.05) is 49.7 Å². The molecule has 0 unspecified atom stereocenters. The third kappa shape index (κ3) is 6.52. The third-order valence-corrected chi connectivity index (χ3v) is 5.66. The first-order chi connectivity index (χ1) is 18.1. The summed E-state index contributed by atoms with van der Waals surface area (Å²) in [5.74, 6) is 0.512. The first-order valence-electron chi connectivity index (χ1n) is 12.0. The Morgan fingerprint density at radius 3 is 2.49 bits per heavy atom. The van der Waals surface area contributed by atoms with Crippen LogP contribution in [0.15, 0.2) is 90.0 Å². The summed E-state index contributed by atoms with van der Waals surface area (Å²) < 4.78 is 16.6. The Hall–Kier alpha value is -4.65. The molecule has 0 aliphatic rings. The SMILES string of the molecule is CCCCOc1ccc(C(=O)Oc2ccc(/C=N/NC(=O)c3cccc4ccccc34)cc2OC)cc1. The maximum absolute atomic E-state index is 12.7. The van der Waals surface area contributed by atoms with Gasteiger partial charge in [-0.15, -0.1) is 0 Å². The number of fused-ring (bicyclic) bond motifs is 1. The van der Waals surface area contributed by atoms with Crippen LogP contribution in [0.25, 0.3) is 10.8 Å². The summed E-state index contributed by atoms with van der Waals surface area (Å²) >= 11 is 0. The summed E-state index contributed by atoms with van der Waals surface area (Å²) in [5.41, 5.74) is 4.15. The van der Waals surface area contributed by atoms with Gasteiger partial charge in [0.25, 0.3) is 5.91 Å². The molecule has 0 aromatic heterocycles. The van der Waals surface area contributed by atoms with Crippen LogP contribution in [0.5, 0.6) is 17.2 Å². The van der Waals surface area contributed by atoms with Crippen LogP contribution >= 0.6 is 0 Å². The lowest BCUT2D eigenvalue weighted by molar-refractivity contribution is 0.0729. The zero-order valence-corrected chi connectivity index (χ0v) is 20.8. The van der Waals surface area contributed by atoms with Crippen LogP contribution in [0.1, 0.15) is 46.0 Å². The van der Waals surface area contributed by atoms with E-state index in [0.29, 0.717) is 34.8 Å². The lowest BCUT2D eigenvalue weighted by Crippen LogP contribution is -2.17. The van der Waals surface area contributed by atoms with Crippen molar-refractivity contribution in [3.05, 3.63) is 102 Å². The fourth-order valence-corrected chi connectivity index (χ4v) is 3.68. The van der Waals surface area contributed by atoms with Gasteiger partial charge in [0.1, 0.15) is 5.75 Å². The van der Waals surface area contributed by atoms with E-state index in [1.54, 1.807) is 48.5 Å². The standard InChI is InChI=1S/C30H28N2O5/c1-3-4-18-36-24-15-13-23(14-16-24)30(34)37-27-17-12-21(19-28(27)35-2)20-31-32-29(33)26-11-7-9-22-8-5-6-10-25(22)26/h5-17,19-20H,3-4,18H2,1-2H3,(H,32,33)/b31-20+. The highest BCUT2D eigenvalue weighted by molar-refractivity contribution is 6.07. The van der Waals surface area contributed by atoms with Crippen molar-refractivity contribution in [1.29, 1.82) is 0 Å². The number of methoxy groups -OCH3 is 1. The smallest absolute Gasteiger partial charge is 0.343 e. The number of carbonyl (C=O) groups excluding carboxylic acids is 2. The molecule has 37 heavy (non-hydrogen) atoms. The molecule has 4 aromatic rings. The predicted octanol–water partition coefficient (Wildman–Crippen LogP) is 6.01. The van der Waals surface area contributed by atoms with Gasteiger partial charge in [0, 0.05) is 5.56 Å². The van der Waals surface area contributed by atoms with Crippen LogP contribution in [0.4, 0.5) is 0 Å². The van der Waals surface area contributed by atoms with Gasteiger partial charge in [-0.25, -0.2) is 10.2 Å². The number of ether oxygens (including phenoxy) is 3. The number of esters is 1. The Morgan fingerprint density at radius 1 is 0.919 bits per heavy atom. The molecule has 7 heteroatoms. The highest BCUT2D eigenvalue weighted by Crippen LogP contribution is 2.28. The van der Waals surface area contributed by atoms with E-state index in [-0.39, 0.29) is 11.7 Å². The number of rotatable bonds is 10. The summed E-state index contributed by atoms with van der Waals surface area (Å²) in [7, 11) is 1.48. The van der Waals surface area contributed by atoms with Crippen LogP contribution in [0.2, 0.25) is 0 Å². The van der Waals surface area contributed by atoms with Gasteiger partial charge in [-0.2, -0.15) is 5.10 Å². The number of unbranched alkanes of at least 4 members (excludes halogenated alkanes) is 1. The topological polar surface area (TPSA) is 86.2 Å². The van der Waals surface area contributed by atoms with E-state index >= 15 is 0 Å². The fourth-order valence-electron chi connectivity index (χ4n) is 3.68. The molecule has 0 radical (unpaired) electrons. The summed E-state index contributed by atoms with van der Waals surface area (Å²) in [5, 5.41) is 5.90. The monoisotopic (exact) mass is 496 g/mol. The lowest BCUT2D eigenvalue weighted by Gasteiger charge is -2.10. The molecule has 0 fully saturated rings. The minimum absolute atomic E-state index is 0.271. The first kappa shape index (κ1) is 25.4.